The molecule has 1 amide bonds. The fourth-order valence-corrected chi connectivity index (χ4v) is 3.85. The van der Waals surface area contributed by atoms with Crippen LogP contribution < -0.4 is 10.1 Å². The summed E-state index contributed by atoms with van der Waals surface area (Å²) < 4.78 is 5.83. The van der Waals surface area contributed by atoms with Gasteiger partial charge in [-0.2, -0.15) is 0 Å². The number of carbonyl (C=O) groups is 2. The second-order valence-electron chi connectivity index (χ2n) is 8.06. The molecule has 0 unspecified atom stereocenters. The zero-order chi connectivity index (χ0) is 22.8. The van der Waals surface area contributed by atoms with Crippen molar-refractivity contribution < 1.29 is 14.3 Å². The molecule has 1 heterocycles. The zero-order valence-electron chi connectivity index (χ0n) is 18.7. The minimum absolute atomic E-state index is 0.0253. The Labute approximate surface area is 195 Å². The molecule has 3 rings (SSSR count). The molecule has 7 heteroatoms. The van der Waals surface area contributed by atoms with Gasteiger partial charge in [0.2, 0.25) is 5.91 Å². The Morgan fingerprint density at radius 1 is 0.875 bits per heavy atom. The third-order valence-corrected chi connectivity index (χ3v) is 5.97. The number of hydrogen-bond acceptors (Lipinski definition) is 5. The van der Waals surface area contributed by atoms with Crippen LogP contribution in [0.1, 0.15) is 35.2 Å². The molecule has 172 valence electrons. The molecule has 32 heavy (non-hydrogen) atoms. The van der Waals surface area contributed by atoms with Gasteiger partial charge >= 0.3 is 0 Å². The molecule has 2 aromatic carbocycles. The number of ketones is 1. The number of ether oxygens (including phenoxy) is 1. The summed E-state index contributed by atoms with van der Waals surface area (Å²) in [4.78, 5) is 28.6. The number of carbonyl (C=O) groups excluding carboxylic acids is 2. The predicted molar refractivity (Wildman–Crippen MR) is 128 cm³/mol. The van der Waals surface area contributed by atoms with E-state index in [2.05, 4.69) is 15.1 Å². The van der Waals surface area contributed by atoms with Crippen LogP contribution in [0.3, 0.4) is 0 Å². The molecule has 0 aliphatic carbocycles. The van der Waals surface area contributed by atoms with Crippen LogP contribution in [0.25, 0.3) is 0 Å². The van der Waals surface area contributed by atoms with Gasteiger partial charge < -0.3 is 15.0 Å². The molecule has 1 fully saturated rings. The Balaban J connectivity index is 1.28. The number of halogens is 1. The van der Waals surface area contributed by atoms with Gasteiger partial charge in [-0.3, -0.25) is 14.5 Å². The normalized spacial score (nSPS) is 14.8. The van der Waals surface area contributed by atoms with E-state index in [9.17, 15) is 9.59 Å². The van der Waals surface area contributed by atoms with Gasteiger partial charge in [0.25, 0.3) is 0 Å². The number of nitrogens with one attached hydrogen (secondary N) is 1. The summed E-state index contributed by atoms with van der Waals surface area (Å²) in [6.07, 6.45) is 3.26. The maximum atomic E-state index is 12.5. The fraction of sp³-hybridized carbons (Fsp3) is 0.440. The van der Waals surface area contributed by atoms with Crippen LogP contribution in [0.2, 0.25) is 5.02 Å². The van der Waals surface area contributed by atoms with Crippen molar-refractivity contribution >= 4 is 23.3 Å². The number of rotatable bonds is 11. The highest BCUT2D eigenvalue weighted by atomic mass is 35.5. The van der Waals surface area contributed by atoms with Crippen molar-refractivity contribution in [3.63, 3.8) is 0 Å². The summed E-state index contributed by atoms with van der Waals surface area (Å²) in [6.45, 7) is 6.21. The summed E-state index contributed by atoms with van der Waals surface area (Å²) >= 11 is 5.88. The molecule has 1 aliphatic heterocycles. The first-order valence-electron chi connectivity index (χ1n) is 11.2. The quantitative estimate of drug-likeness (QED) is 0.413. The molecule has 0 atom stereocenters. The van der Waals surface area contributed by atoms with Crippen molar-refractivity contribution in [2.75, 3.05) is 52.9 Å². The largest absolute Gasteiger partial charge is 0.494 e. The van der Waals surface area contributed by atoms with Gasteiger partial charge in [-0.25, -0.2) is 0 Å². The minimum Gasteiger partial charge on any atom is -0.494 e. The zero-order valence-corrected chi connectivity index (χ0v) is 19.4. The highest BCUT2D eigenvalue weighted by Crippen LogP contribution is 2.17. The number of hydrogen-bond donors (Lipinski definition) is 1. The summed E-state index contributed by atoms with van der Waals surface area (Å²) in [5, 5.41) is 3.30. The van der Waals surface area contributed by atoms with Gasteiger partial charge in [-0.05, 0) is 74.3 Å². The van der Waals surface area contributed by atoms with Crippen molar-refractivity contribution in [1.82, 2.24) is 15.1 Å². The lowest BCUT2D eigenvalue weighted by Crippen LogP contribution is -2.49. The van der Waals surface area contributed by atoms with Crippen LogP contribution in [-0.2, 0) is 4.79 Å². The molecule has 6 nitrogen and oxygen atoms in total. The van der Waals surface area contributed by atoms with E-state index in [1.54, 1.807) is 43.4 Å². The van der Waals surface area contributed by atoms with Crippen molar-refractivity contribution in [1.29, 1.82) is 0 Å². The Morgan fingerprint density at radius 3 is 2.09 bits per heavy atom. The van der Waals surface area contributed by atoms with Crippen LogP contribution in [0.5, 0.6) is 5.75 Å². The molecule has 0 spiro atoms. The third-order valence-electron chi connectivity index (χ3n) is 5.72. The first-order valence-corrected chi connectivity index (χ1v) is 11.6. The summed E-state index contributed by atoms with van der Waals surface area (Å²) in [5.41, 5.74) is 1.26. The van der Waals surface area contributed by atoms with Crippen molar-refractivity contribution in [2.24, 2.45) is 0 Å². The molecule has 1 aliphatic rings. The lowest BCUT2D eigenvalue weighted by Gasteiger charge is -2.34. The van der Waals surface area contributed by atoms with Gasteiger partial charge in [-0.1, -0.05) is 11.6 Å². The smallest absolute Gasteiger partial charge is 0.233 e. The second kappa shape index (κ2) is 12.6. The second-order valence-corrected chi connectivity index (χ2v) is 8.50. The summed E-state index contributed by atoms with van der Waals surface area (Å²) in [5.74, 6) is 0.841. The third kappa shape index (κ3) is 7.62. The standard InChI is InChI=1S/C25H32ClN3O3/c1-27-24(30)19-29-16-14-28(15-17-29)13-3-2-4-18-32-23-11-7-21(8-12-23)25(31)20-5-9-22(26)10-6-20/h5-12H,2-4,13-19H2,1H3,(H,27,30). The maximum Gasteiger partial charge on any atom is 0.233 e. The topological polar surface area (TPSA) is 61.9 Å². The van der Waals surface area contributed by atoms with Gasteiger partial charge in [0.1, 0.15) is 5.75 Å². The first kappa shape index (κ1) is 24.2. The van der Waals surface area contributed by atoms with E-state index in [1.807, 2.05) is 12.1 Å². The SMILES string of the molecule is CNC(=O)CN1CCN(CCCCCOc2ccc(C(=O)c3ccc(Cl)cc3)cc2)CC1. The molecule has 0 saturated carbocycles. The average Bonchev–Trinajstić information content (AvgIpc) is 2.82. The summed E-state index contributed by atoms with van der Waals surface area (Å²) in [6, 6.07) is 14.2. The van der Waals surface area contributed by atoms with E-state index in [0.29, 0.717) is 29.3 Å². The van der Waals surface area contributed by atoms with Crippen LogP contribution >= 0.6 is 11.6 Å². The molecule has 2 aromatic rings. The predicted octanol–water partition coefficient (Wildman–Crippen LogP) is 3.48. The minimum atomic E-state index is -0.0253. The van der Waals surface area contributed by atoms with Gasteiger partial charge in [0.15, 0.2) is 5.78 Å². The first-order chi connectivity index (χ1) is 15.5. The monoisotopic (exact) mass is 457 g/mol. The van der Waals surface area contributed by atoms with Gasteiger partial charge in [0.05, 0.1) is 13.2 Å². The Hall–Kier alpha value is -2.41. The highest BCUT2D eigenvalue weighted by molar-refractivity contribution is 6.30. The van der Waals surface area contributed by atoms with Crippen molar-refractivity contribution in [3.05, 3.63) is 64.7 Å². The number of piperazine rings is 1. The van der Waals surface area contributed by atoms with Crippen LogP contribution in [0.15, 0.2) is 48.5 Å². The molecule has 0 radical (unpaired) electrons. The Bertz CT molecular complexity index is 863. The van der Waals surface area contributed by atoms with E-state index >= 15 is 0 Å². The number of likely N-dealkylation sites (N-methyl/N-ethyl adjacent to an activating group) is 1. The lowest BCUT2D eigenvalue weighted by atomic mass is 10.0. The summed E-state index contributed by atoms with van der Waals surface area (Å²) in [7, 11) is 1.68. The molecule has 1 saturated heterocycles. The van der Waals surface area contributed by atoms with E-state index in [-0.39, 0.29) is 11.7 Å². The Morgan fingerprint density at radius 2 is 1.47 bits per heavy atom. The average molecular weight is 458 g/mol. The van der Waals surface area contributed by atoms with Gasteiger partial charge in [-0.15, -0.1) is 0 Å². The van der Waals surface area contributed by atoms with Crippen LogP contribution in [0.4, 0.5) is 0 Å². The van der Waals surface area contributed by atoms with Crippen molar-refractivity contribution in [2.45, 2.75) is 19.3 Å². The van der Waals surface area contributed by atoms with Crippen molar-refractivity contribution in [3.8, 4) is 5.75 Å². The maximum absolute atomic E-state index is 12.5. The number of nitrogens with zero attached hydrogens (tertiary/aromatic N) is 2. The van der Waals surface area contributed by atoms with E-state index in [4.69, 9.17) is 16.3 Å². The Kier molecular flexibility index (Phi) is 9.53. The van der Waals surface area contributed by atoms with E-state index < -0.39 is 0 Å². The molecule has 0 aromatic heterocycles. The molecular weight excluding hydrogens is 426 g/mol. The number of amides is 1. The van der Waals surface area contributed by atoms with Crippen LogP contribution in [-0.4, -0.2) is 74.4 Å². The van der Waals surface area contributed by atoms with E-state index in [1.165, 1.54) is 0 Å². The molecule has 0 bridgehead atoms. The van der Waals surface area contributed by atoms with E-state index in [0.717, 1.165) is 57.7 Å². The van der Waals surface area contributed by atoms with Gasteiger partial charge in [0, 0.05) is 49.4 Å². The number of unbranched alkanes of at least 4 members (excludes halogenated alkanes) is 2. The fourth-order valence-electron chi connectivity index (χ4n) is 3.73. The molecular formula is C25H32ClN3O3. The lowest BCUT2D eigenvalue weighted by molar-refractivity contribution is -0.122. The van der Waals surface area contributed by atoms with Crippen LogP contribution in [0, 0.1) is 0 Å². The number of benzene rings is 2. The molecule has 1 N–H and O–H groups in total. The highest BCUT2D eigenvalue weighted by Gasteiger charge is 2.17.